The lowest BCUT2D eigenvalue weighted by atomic mass is 10.1. The highest BCUT2D eigenvalue weighted by Gasteiger charge is 2.31. The standard InChI is InChI=1S/C15H14F3N/c1-11-6-5-9-13(16)14(11)19-10-15(17,18)12-7-3-2-4-8-12/h2-9,19H,10H2,1H3. The molecule has 0 saturated carbocycles. The molecule has 0 bridgehead atoms. The average Bonchev–Trinajstić information content (AvgIpc) is 2.39. The first-order chi connectivity index (χ1) is 9.00. The number of rotatable bonds is 4. The van der Waals surface area contributed by atoms with Gasteiger partial charge in [0.05, 0.1) is 12.2 Å². The van der Waals surface area contributed by atoms with Crippen molar-refractivity contribution in [2.24, 2.45) is 0 Å². The van der Waals surface area contributed by atoms with Gasteiger partial charge < -0.3 is 5.32 Å². The Balaban J connectivity index is 2.14. The third-order valence-corrected chi connectivity index (χ3v) is 2.91. The molecule has 0 spiro atoms. The average molecular weight is 265 g/mol. The number of para-hydroxylation sites is 1. The van der Waals surface area contributed by atoms with Crippen molar-refractivity contribution in [1.29, 1.82) is 0 Å². The van der Waals surface area contributed by atoms with Crippen molar-refractivity contribution < 1.29 is 13.2 Å². The van der Waals surface area contributed by atoms with Crippen LogP contribution in [0.5, 0.6) is 0 Å². The van der Waals surface area contributed by atoms with Gasteiger partial charge >= 0.3 is 0 Å². The third kappa shape index (κ3) is 3.08. The second kappa shape index (κ2) is 5.34. The topological polar surface area (TPSA) is 12.0 Å². The number of hydrogen-bond donors (Lipinski definition) is 1. The first-order valence-corrected chi connectivity index (χ1v) is 5.93. The lowest BCUT2D eigenvalue weighted by molar-refractivity contribution is 0.0106. The summed E-state index contributed by atoms with van der Waals surface area (Å²) in [5.74, 6) is -3.57. The molecule has 0 atom stereocenters. The zero-order valence-corrected chi connectivity index (χ0v) is 10.5. The van der Waals surface area contributed by atoms with E-state index >= 15 is 0 Å². The number of nitrogens with one attached hydrogen (secondary N) is 1. The number of aryl methyl sites for hydroxylation is 1. The van der Waals surface area contributed by atoms with Gasteiger partial charge in [-0.05, 0) is 18.6 Å². The molecule has 1 N–H and O–H groups in total. The Hall–Kier alpha value is -1.97. The van der Waals surface area contributed by atoms with Crippen LogP contribution in [-0.4, -0.2) is 6.54 Å². The molecule has 100 valence electrons. The molecule has 2 aromatic rings. The molecule has 0 unspecified atom stereocenters. The van der Waals surface area contributed by atoms with E-state index in [1.54, 1.807) is 37.3 Å². The number of anilines is 1. The Morgan fingerprint density at radius 1 is 1.00 bits per heavy atom. The van der Waals surface area contributed by atoms with Crippen molar-refractivity contribution in [2.75, 3.05) is 11.9 Å². The molecule has 2 rings (SSSR count). The summed E-state index contributed by atoms with van der Waals surface area (Å²) < 4.78 is 41.4. The van der Waals surface area contributed by atoms with Crippen molar-refractivity contribution >= 4 is 5.69 Å². The summed E-state index contributed by atoms with van der Waals surface area (Å²) in [6, 6.07) is 12.0. The minimum absolute atomic E-state index is 0.0866. The summed E-state index contributed by atoms with van der Waals surface area (Å²) in [7, 11) is 0. The van der Waals surface area contributed by atoms with E-state index < -0.39 is 18.3 Å². The number of halogens is 3. The van der Waals surface area contributed by atoms with Gasteiger partial charge in [0.25, 0.3) is 5.92 Å². The summed E-state index contributed by atoms with van der Waals surface area (Å²) in [4.78, 5) is 0. The summed E-state index contributed by atoms with van der Waals surface area (Å²) in [6.07, 6.45) is 0. The fourth-order valence-corrected chi connectivity index (χ4v) is 1.84. The molecule has 19 heavy (non-hydrogen) atoms. The predicted octanol–water partition coefficient (Wildman–Crippen LogP) is 4.34. The Kier molecular flexibility index (Phi) is 3.79. The molecule has 0 saturated heterocycles. The van der Waals surface area contributed by atoms with Crippen LogP contribution < -0.4 is 5.32 Å². The second-order valence-electron chi connectivity index (χ2n) is 4.36. The fraction of sp³-hybridized carbons (Fsp3) is 0.200. The molecule has 0 fully saturated rings. The van der Waals surface area contributed by atoms with Crippen molar-refractivity contribution in [3.63, 3.8) is 0 Å². The van der Waals surface area contributed by atoms with Crippen LogP contribution in [-0.2, 0) is 5.92 Å². The minimum atomic E-state index is -3.05. The Bertz CT molecular complexity index is 532. The zero-order chi connectivity index (χ0) is 13.9. The first-order valence-electron chi connectivity index (χ1n) is 5.93. The molecule has 4 heteroatoms. The van der Waals surface area contributed by atoms with Gasteiger partial charge in [-0.2, -0.15) is 8.78 Å². The molecule has 0 amide bonds. The normalized spacial score (nSPS) is 11.4. The maximum absolute atomic E-state index is 13.9. The molecular formula is C15H14F3N. The van der Waals surface area contributed by atoms with E-state index in [4.69, 9.17) is 0 Å². The quantitative estimate of drug-likeness (QED) is 0.867. The van der Waals surface area contributed by atoms with Crippen LogP contribution >= 0.6 is 0 Å². The maximum atomic E-state index is 13.9. The summed E-state index contributed by atoms with van der Waals surface area (Å²) in [5.41, 5.74) is 0.637. The number of benzene rings is 2. The van der Waals surface area contributed by atoms with Gasteiger partial charge in [-0.15, -0.1) is 0 Å². The Labute approximate surface area is 110 Å². The largest absolute Gasteiger partial charge is 0.376 e. The van der Waals surface area contributed by atoms with Gasteiger partial charge in [0.15, 0.2) is 0 Å². The number of hydrogen-bond acceptors (Lipinski definition) is 1. The number of alkyl halides is 2. The van der Waals surface area contributed by atoms with E-state index in [-0.39, 0.29) is 11.3 Å². The van der Waals surface area contributed by atoms with Crippen LogP contribution in [0.4, 0.5) is 18.9 Å². The van der Waals surface area contributed by atoms with Crippen LogP contribution in [0, 0.1) is 12.7 Å². The van der Waals surface area contributed by atoms with Crippen LogP contribution in [0.1, 0.15) is 11.1 Å². The van der Waals surface area contributed by atoms with Crippen LogP contribution in [0.3, 0.4) is 0 Å². The molecule has 1 nitrogen and oxygen atoms in total. The van der Waals surface area contributed by atoms with E-state index in [0.29, 0.717) is 5.56 Å². The van der Waals surface area contributed by atoms with Crippen LogP contribution in [0.2, 0.25) is 0 Å². The van der Waals surface area contributed by atoms with E-state index in [0.717, 1.165) is 0 Å². The molecule has 0 aliphatic rings. The molecule has 0 aliphatic heterocycles. The first kappa shape index (κ1) is 13.5. The van der Waals surface area contributed by atoms with Crippen molar-refractivity contribution in [3.8, 4) is 0 Å². The van der Waals surface area contributed by atoms with Gasteiger partial charge in [0.1, 0.15) is 5.82 Å². The van der Waals surface area contributed by atoms with Crippen molar-refractivity contribution in [1.82, 2.24) is 0 Å². The van der Waals surface area contributed by atoms with Crippen molar-refractivity contribution in [2.45, 2.75) is 12.8 Å². The smallest absolute Gasteiger partial charge is 0.290 e. The molecular weight excluding hydrogens is 251 g/mol. The maximum Gasteiger partial charge on any atom is 0.290 e. The lowest BCUT2D eigenvalue weighted by Crippen LogP contribution is -2.25. The monoisotopic (exact) mass is 265 g/mol. The van der Waals surface area contributed by atoms with Crippen LogP contribution in [0.25, 0.3) is 0 Å². The van der Waals surface area contributed by atoms with Gasteiger partial charge in [-0.25, -0.2) is 4.39 Å². The fourth-order valence-electron chi connectivity index (χ4n) is 1.84. The molecule has 0 aliphatic carbocycles. The molecule has 0 heterocycles. The van der Waals surface area contributed by atoms with E-state index in [1.807, 2.05) is 0 Å². The summed E-state index contributed by atoms with van der Waals surface area (Å²) in [6.45, 7) is 1.03. The molecule has 0 aromatic heterocycles. The Morgan fingerprint density at radius 2 is 1.68 bits per heavy atom. The van der Waals surface area contributed by atoms with E-state index in [9.17, 15) is 13.2 Å². The van der Waals surface area contributed by atoms with Gasteiger partial charge in [-0.3, -0.25) is 0 Å². The molecule has 2 aromatic carbocycles. The van der Waals surface area contributed by atoms with Crippen molar-refractivity contribution in [3.05, 3.63) is 65.5 Å². The predicted molar refractivity (Wildman–Crippen MR) is 70.0 cm³/mol. The minimum Gasteiger partial charge on any atom is -0.376 e. The van der Waals surface area contributed by atoms with Gasteiger partial charge in [0, 0.05) is 5.56 Å². The van der Waals surface area contributed by atoms with Gasteiger partial charge in [-0.1, -0.05) is 42.5 Å². The molecule has 0 radical (unpaired) electrons. The Morgan fingerprint density at radius 3 is 2.32 bits per heavy atom. The lowest BCUT2D eigenvalue weighted by Gasteiger charge is -2.19. The highest BCUT2D eigenvalue weighted by atomic mass is 19.3. The van der Waals surface area contributed by atoms with Gasteiger partial charge in [0.2, 0.25) is 0 Å². The van der Waals surface area contributed by atoms with Crippen LogP contribution in [0.15, 0.2) is 48.5 Å². The highest BCUT2D eigenvalue weighted by molar-refractivity contribution is 5.52. The third-order valence-electron chi connectivity index (χ3n) is 2.91. The highest BCUT2D eigenvalue weighted by Crippen LogP contribution is 2.29. The second-order valence-corrected chi connectivity index (χ2v) is 4.36. The van der Waals surface area contributed by atoms with E-state index in [1.165, 1.54) is 18.2 Å². The summed E-state index contributed by atoms with van der Waals surface area (Å²) >= 11 is 0. The SMILES string of the molecule is Cc1cccc(F)c1NCC(F)(F)c1ccccc1. The van der Waals surface area contributed by atoms with E-state index in [2.05, 4.69) is 5.32 Å². The zero-order valence-electron chi connectivity index (χ0n) is 10.5. The summed E-state index contributed by atoms with van der Waals surface area (Å²) in [5, 5.41) is 2.49.